The maximum atomic E-state index is 11.0. The Morgan fingerprint density at radius 3 is 2.57 bits per heavy atom. The lowest BCUT2D eigenvalue weighted by molar-refractivity contribution is -0.189. The van der Waals surface area contributed by atoms with Gasteiger partial charge in [-0.2, -0.15) is 0 Å². The number of Topliss-reactive ketones (excluding diaryl/α,β-unsaturated/α-hetero) is 1. The van der Waals surface area contributed by atoms with Crippen molar-refractivity contribution in [2.75, 3.05) is 0 Å². The van der Waals surface area contributed by atoms with Gasteiger partial charge in [-0.05, 0) is 6.92 Å². The summed E-state index contributed by atoms with van der Waals surface area (Å²) in [6, 6.07) is 0. The first-order valence-electron chi connectivity index (χ1n) is 3.90. The van der Waals surface area contributed by atoms with Crippen molar-refractivity contribution in [3.05, 3.63) is 0 Å². The summed E-state index contributed by atoms with van der Waals surface area (Å²) in [7, 11) is -4.67. The first-order valence-corrected chi connectivity index (χ1v) is 5.43. The molecule has 8 heteroatoms. The zero-order valence-corrected chi connectivity index (χ0v) is 8.26. The molecule has 14 heavy (non-hydrogen) atoms. The van der Waals surface area contributed by atoms with Crippen LogP contribution in [0.15, 0.2) is 0 Å². The number of aliphatic hydroxyl groups is 1. The quantitative estimate of drug-likeness (QED) is 0.526. The number of rotatable bonds is 2. The first-order chi connectivity index (χ1) is 6.29. The maximum Gasteiger partial charge on any atom is 0.471 e. The number of carbonyl (C=O) groups excluding carboxylic acids is 1. The van der Waals surface area contributed by atoms with Gasteiger partial charge in [-0.15, -0.1) is 0 Å². The molecule has 3 atom stereocenters. The van der Waals surface area contributed by atoms with E-state index in [1.807, 2.05) is 0 Å². The lowest BCUT2D eigenvalue weighted by Crippen LogP contribution is -2.44. The molecule has 1 aliphatic heterocycles. The highest BCUT2D eigenvalue weighted by molar-refractivity contribution is 7.46. The molecule has 0 aromatic heterocycles. The van der Waals surface area contributed by atoms with Gasteiger partial charge in [-0.3, -0.25) is 9.32 Å². The number of ketones is 1. The lowest BCUT2D eigenvalue weighted by atomic mass is 10.1. The molecule has 0 aromatic carbocycles. The third-order valence-corrected chi connectivity index (χ3v) is 2.27. The number of ether oxygens (including phenoxy) is 1. The van der Waals surface area contributed by atoms with E-state index in [2.05, 4.69) is 4.52 Å². The topological polar surface area (TPSA) is 113 Å². The van der Waals surface area contributed by atoms with Gasteiger partial charge in [-0.25, -0.2) is 4.57 Å². The third kappa shape index (κ3) is 3.13. The molecule has 0 radical (unpaired) electrons. The molecular weight excluding hydrogens is 215 g/mol. The molecule has 1 heterocycles. The Hall–Kier alpha value is -0.300. The summed E-state index contributed by atoms with van der Waals surface area (Å²) in [6.07, 6.45) is -3.74. The Bertz CT molecular complexity index is 271. The normalized spacial score (nSPS) is 34.6. The van der Waals surface area contributed by atoms with Gasteiger partial charge in [0.1, 0.15) is 6.10 Å². The second-order valence-corrected chi connectivity index (χ2v) is 4.17. The van der Waals surface area contributed by atoms with Crippen molar-refractivity contribution in [1.29, 1.82) is 0 Å². The van der Waals surface area contributed by atoms with Crippen molar-refractivity contribution in [3.63, 3.8) is 0 Å². The van der Waals surface area contributed by atoms with Crippen LogP contribution in [0.2, 0.25) is 0 Å². The highest BCUT2D eigenvalue weighted by atomic mass is 31.2. The molecule has 0 aromatic rings. The summed E-state index contributed by atoms with van der Waals surface area (Å²) in [5.74, 6) is -0.554. The fraction of sp³-hybridized carbons (Fsp3) is 0.833. The molecule has 0 saturated carbocycles. The zero-order valence-electron chi connectivity index (χ0n) is 7.36. The van der Waals surface area contributed by atoms with Crippen molar-refractivity contribution in [1.82, 2.24) is 0 Å². The number of aliphatic hydroxyl groups excluding tert-OH is 1. The second kappa shape index (κ2) is 4.06. The van der Waals surface area contributed by atoms with Crippen LogP contribution in [0.25, 0.3) is 0 Å². The molecule has 0 amide bonds. The van der Waals surface area contributed by atoms with Crippen LogP contribution in [0.4, 0.5) is 0 Å². The summed E-state index contributed by atoms with van der Waals surface area (Å²) in [6.45, 7) is 1.41. The molecule has 1 rings (SSSR count). The van der Waals surface area contributed by atoms with Gasteiger partial charge in [0, 0.05) is 0 Å². The van der Waals surface area contributed by atoms with E-state index in [1.54, 1.807) is 0 Å². The molecule has 0 bridgehead atoms. The van der Waals surface area contributed by atoms with E-state index < -0.39 is 32.1 Å². The summed E-state index contributed by atoms with van der Waals surface area (Å²) in [5.41, 5.74) is 0. The van der Waals surface area contributed by atoms with Crippen LogP contribution in [-0.4, -0.2) is 39.2 Å². The van der Waals surface area contributed by atoms with Crippen LogP contribution in [0.1, 0.15) is 13.3 Å². The van der Waals surface area contributed by atoms with Crippen LogP contribution >= 0.6 is 7.82 Å². The first kappa shape index (κ1) is 11.8. The van der Waals surface area contributed by atoms with E-state index in [0.29, 0.717) is 0 Å². The van der Waals surface area contributed by atoms with Gasteiger partial charge in [-0.1, -0.05) is 0 Å². The van der Waals surface area contributed by atoms with Crippen LogP contribution in [-0.2, 0) is 18.6 Å². The Labute approximate surface area is 79.9 Å². The van der Waals surface area contributed by atoms with Gasteiger partial charge < -0.3 is 19.6 Å². The van der Waals surface area contributed by atoms with E-state index in [-0.39, 0.29) is 6.42 Å². The zero-order chi connectivity index (χ0) is 10.9. The maximum absolute atomic E-state index is 11.0. The van der Waals surface area contributed by atoms with Gasteiger partial charge in [0.05, 0.1) is 12.5 Å². The van der Waals surface area contributed by atoms with Crippen molar-refractivity contribution >= 4 is 13.6 Å². The van der Waals surface area contributed by atoms with Crippen molar-refractivity contribution in [2.45, 2.75) is 31.8 Å². The SMILES string of the molecule is C[C@H]1O[C@H](OP(=O)(O)O)CC(=O)[C@@H]1O. The number of hydrogen-bond donors (Lipinski definition) is 3. The molecule has 0 spiro atoms. The van der Waals surface area contributed by atoms with Crippen LogP contribution in [0.5, 0.6) is 0 Å². The molecule has 1 fully saturated rings. The van der Waals surface area contributed by atoms with E-state index in [9.17, 15) is 9.36 Å². The molecule has 82 valence electrons. The second-order valence-electron chi connectivity index (χ2n) is 2.98. The summed E-state index contributed by atoms with van der Waals surface area (Å²) in [5, 5.41) is 9.14. The van der Waals surface area contributed by atoms with E-state index in [0.717, 1.165) is 0 Å². The molecule has 0 unspecified atom stereocenters. The standard InChI is InChI=1S/C6H11O7P/c1-3-6(8)4(7)2-5(12-3)13-14(9,10)11/h3,5-6,8H,2H2,1H3,(H2,9,10,11)/t3-,5-,6-/m1/s1. The minimum Gasteiger partial charge on any atom is -0.383 e. The highest BCUT2D eigenvalue weighted by Crippen LogP contribution is 2.39. The summed E-state index contributed by atoms with van der Waals surface area (Å²) < 4.78 is 19.5. The lowest BCUT2D eigenvalue weighted by Gasteiger charge is -2.30. The van der Waals surface area contributed by atoms with E-state index in [4.69, 9.17) is 19.6 Å². The van der Waals surface area contributed by atoms with Crippen molar-refractivity contribution in [2.24, 2.45) is 0 Å². The van der Waals surface area contributed by atoms with E-state index in [1.165, 1.54) is 6.92 Å². The molecule has 1 saturated heterocycles. The molecule has 7 nitrogen and oxygen atoms in total. The van der Waals surface area contributed by atoms with Crippen molar-refractivity contribution in [3.8, 4) is 0 Å². The molecule has 0 aliphatic carbocycles. The largest absolute Gasteiger partial charge is 0.471 e. The molecule has 3 N–H and O–H groups in total. The number of phosphoric acid groups is 1. The van der Waals surface area contributed by atoms with Crippen LogP contribution < -0.4 is 0 Å². The Kier molecular flexibility index (Phi) is 3.41. The van der Waals surface area contributed by atoms with Crippen molar-refractivity contribution < 1.29 is 33.5 Å². The monoisotopic (exact) mass is 226 g/mol. The number of hydrogen-bond acceptors (Lipinski definition) is 5. The smallest absolute Gasteiger partial charge is 0.383 e. The summed E-state index contributed by atoms with van der Waals surface area (Å²) in [4.78, 5) is 27.9. The Morgan fingerprint density at radius 2 is 2.14 bits per heavy atom. The van der Waals surface area contributed by atoms with E-state index >= 15 is 0 Å². The summed E-state index contributed by atoms with van der Waals surface area (Å²) >= 11 is 0. The van der Waals surface area contributed by atoms with Crippen LogP contribution in [0, 0.1) is 0 Å². The predicted molar refractivity (Wildman–Crippen MR) is 43.1 cm³/mol. The van der Waals surface area contributed by atoms with Crippen LogP contribution in [0.3, 0.4) is 0 Å². The number of carbonyl (C=O) groups is 1. The average molecular weight is 226 g/mol. The Balaban J connectivity index is 2.59. The molecule has 1 aliphatic rings. The van der Waals surface area contributed by atoms with Gasteiger partial charge in [0.15, 0.2) is 12.1 Å². The average Bonchev–Trinajstić information content (AvgIpc) is 1.96. The Morgan fingerprint density at radius 1 is 1.57 bits per heavy atom. The molecular formula is C6H11O7P. The van der Waals surface area contributed by atoms with Gasteiger partial charge in [0.25, 0.3) is 0 Å². The van der Waals surface area contributed by atoms with Gasteiger partial charge in [0.2, 0.25) is 0 Å². The third-order valence-electron chi connectivity index (χ3n) is 1.76. The predicted octanol–water partition coefficient (Wildman–Crippen LogP) is -0.839. The fourth-order valence-corrected chi connectivity index (χ4v) is 1.55. The minimum absolute atomic E-state index is 0.364. The number of phosphoric ester groups is 1. The highest BCUT2D eigenvalue weighted by Gasteiger charge is 2.37. The minimum atomic E-state index is -4.67. The van der Waals surface area contributed by atoms with Gasteiger partial charge >= 0.3 is 7.82 Å². The fourth-order valence-electron chi connectivity index (χ4n) is 1.12.